The molecule has 2 aromatic rings. The number of aryl methyl sites for hydroxylation is 2. The molecule has 0 saturated carbocycles. The summed E-state index contributed by atoms with van der Waals surface area (Å²) in [5.74, 6) is -0.265. The number of carbonyl (C=O) groups is 2. The average molecular weight is 454 g/mol. The quantitative estimate of drug-likeness (QED) is 0.643. The van der Waals surface area contributed by atoms with Gasteiger partial charge in [0.15, 0.2) is 0 Å². The number of rotatable bonds is 5. The van der Waals surface area contributed by atoms with Crippen LogP contribution in [0.1, 0.15) is 23.6 Å². The Kier molecular flexibility index (Phi) is 6.26. The maximum atomic E-state index is 13.8. The van der Waals surface area contributed by atoms with Gasteiger partial charge in [-0.3, -0.25) is 9.59 Å². The molecule has 0 bridgehead atoms. The summed E-state index contributed by atoms with van der Waals surface area (Å²) in [4.78, 5) is 33.2. The van der Waals surface area contributed by atoms with Gasteiger partial charge in [-0.1, -0.05) is 42.3 Å². The molecule has 1 fully saturated rings. The Labute approximate surface area is 194 Å². The van der Waals surface area contributed by atoms with Crippen molar-refractivity contribution in [1.82, 2.24) is 9.80 Å². The Morgan fingerprint density at radius 1 is 0.969 bits per heavy atom. The molecule has 2 amide bonds. The highest BCUT2D eigenvalue weighted by Crippen LogP contribution is 2.40. The summed E-state index contributed by atoms with van der Waals surface area (Å²) >= 11 is 6.23. The van der Waals surface area contributed by atoms with E-state index in [-0.39, 0.29) is 11.8 Å². The molecule has 2 heterocycles. The van der Waals surface area contributed by atoms with Gasteiger partial charge in [0.25, 0.3) is 11.8 Å². The van der Waals surface area contributed by atoms with Crippen molar-refractivity contribution in [2.24, 2.45) is 0 Å². The third-order valence-corrected chi connectivity index (χ3v) is 6.46. The molecule has 2 aromatic carbocycles. The second kappa shape index (κ2) is 8.96. The van der Waals surface area contributed by atoms with Gasteiger partial charge in [0, 0.05) is 31.2 Å². The van der Waals surface area contributed by atoms with Gasteiger partial charge in [0.2, 0.25) is 0 Å². The van der Waals surface area contributed by atoms with E-state index < -0.39 is 0 Å². The van der Waals surface area contributed by atoms with E-state index in [1.807, 2.05) is 32.0 Å². The van der Waals surface area contributed by atoms with Crippen LogP contribution in [0.3, 0.4) is 0 Å². The number of amides is 2. The van der Waals surface area contributed by atoms with Crippen molar-refractivity contribution in [2.45, 2.75) is 20.8 Å². The molecular weight excluding hydrogens is 426 g/mol. The lowest BCUT2D eigenvalue weighted by atomic mass is 9.97. The fourth-order valence-electron chi connectivity index (χ4n) is 4.49. The number of imide groups is 1. The van der Waals surface area contributed by atoms with E-state index in [0.717, 1.165) is 36.3 Å². The number of carbonyl (C=O) groups excluding carboxylic acids is 2. The molecule has 2 aliphatic heterocycles. The topological polar surface area (TPSA) is 53.1 Å². The lowest BCUT2D eigenvalue weighted by Gasteiger charge is -2.36. The first-order valence-corrected chi connectivity index (χ1v) is 11.2. The molecule has 7 heteroatoms. The summed E-state index contributed by atoms with van der Waals surface area (Å²) in [5, 5.41) is 0.430. The molecule has 0 atom stereocenters. The minimum absolute atomic E-state index is 0.338. The molecule has 0 aliphatic carbocycles. The molecule has 2 aliphatic rings. The van der Waals surface area contributed by atoms with Crippen LogP contribution in [0, 0.1) is 13.8 Å². The molecule has 1 saturated heterocycles. The Morgan fingerprint density at radius 2 is 1.69 bits per heavy atom. The number of benzene rings is 2. The number of piperazine rings is 1. The van der Waals surface area contributed by atoms with Crippen LogP contribution < -0.4 is 9.64 Å². The van der Waals surface area contributed by atoms with Crippen LogP contribution in [0.15, 0.2) is 42.1 Å². The molecule has 32 heavy (non-hydrogen) atoms. The smallest absolute Gasteiger partial charge is 0.282 e. The summed E-state index contributed by atoms with van der Waals surface area (Å²) in [6.07, 6.45) is 0. The van der Waals surface area contributed by atoms with E-state index >= 15 is 0 Å². The molecular formula is C25H28ClN3O3. The van der Waals surface area contributed by atoms with Crippen molar-refractivity contribution in [2.75, 3.05) is 44.7 Å². The summed E-state index contributed by atoms with van der Waals surface area (Å²) < 4.78 is 5.46. The van der Waals surface area contributed by atoms with Gasteiger partial charge >= 0.3 is 0 Å². The Balaban J connectivity index is 1.85. The zero-order valence-electron chi connectivity index (χ0n) is 18.9. The molecule has 0 unspecified atom stereocenters. The number of nitrogens with zero attached hydrogens (tertiary/aromatic N) is 3. The van der Waals surface area contributed by atoms with Crippen molar-refractivity contribution in [3.63, 3.8) is 0 Å². The second-order valence-corrected chi connectivity index (χ2v) is 8.66. The second-order valence-electron chi connectivity index (χ2n) is 8.23. The molecule has 6 nitrogen and oxygen atoms in total. The van der Waals surface area contributed by atoms with E-state index in [2.05, 4.69) is 16.7 Å². The first-order chi connectivity index (χ1) is 15.3. The number of halogens is 1. The number of likely N-dealkylation sites (N-methyl/N-ethyl adjacent to an activating group) is 1. The van der Waals surface area contributed by atoms with Gasteiger partial charge in [-0.2, -0.15) is 0 Å². The van der Waals surface area contributed by atoms with Crippen molar-refractivity contribution in [3.05, 3.63) is 63.8 Å². The Bertz CT molecular complexity index is 1100. The minimum Gasteiger partial charge on any atom is -0.495 e. The van der Waals surface area contributed by atoms with Crippen LogP contribution in [0.4, 0.5) is 5.69 Å². The van der Waals surface area contributed by atoms with Crippen LogP contribution in [-0.4, -0.2) is 61.4 Å². The SMILES string of the molecule is CCN1CCN(C2=C(c3ccc(C)cc3C)C(=O)N(c3cc(Cl)ccc3OC)C2=O)CC1. The summed E-state index contributed by atoms with van der Waals surface area (Å²) in [5.41, 5.74) is 4.12. The summed E-state index contributed by atoms with van der Waals surface area (Å²) in [6, 6.07) is 10.9. The number of hydrogen-bond acceptors (Lipinski definition) is 5. The summed E-state index contributed by atoms with van der Waals surface area (Å²) in [7, 11) is 1.51. The molecule has 4 rings (SSSR count). The minimum atomic E-state index is -0.351. The van der Waals surface area contributed by atoms with E-state index in [0.29, 0.717) is 40.8 Å². The largest absolute Gasteiger partial charge is 0.495 e. The fourth-order valence-corrected chi connectivity index (χ4v) is 4.66. The van der Waals surface area contributed by atoms with Crippen LogP contribution in [0.25, 0.3) is 5.57 Å². The monoisotopic (exact) mass is 453 g/mol. The molecule has 0 aromatic heterocycles. The van der Waals surface area contributed by atoms with Crippen molar-refractivity contribution < 1.29 is 14.3 Å². The lowest BCUT2D eigenvalue weighted by molar-refractivity contribution is -0.120. The van der Waals surface area contributed by atoms with Crippen LogP contribution >= 0.6 is 11.6 Å². The van der Waals surface area contributed by atoms with Gasteiger partial charge in [-0.25, -0.2) is 4.90 Å². The highest BCUT2D eigenvalue weighted by molar-refractivity contribution is 6.46. The third kappa shape index (κ3) is 3.89. The van der Waals surface area contributed by atoms with Crippen molar-refractivity contribution >= 4 is 34.7 Å². The Morgan fingerprint density at radius 3 is 2.31 bits per heavy atom. The first kappa shape index (κ1) is 22.4. The third-order valence-electron chi connectivity index (χ3n) is 6.23. The van der Waals surface area contributed by atoms with Gasteiger partial charge in [-0.05, 0) is 49.7 Å². The first-order valence-electron chi connectivity index (χ1n) is 10.9. The number of methoxy groups -OCH3 is 1. The lowest BCUT2D eigenvalue weighted by Crippen LogP contribution is -2.47. The molecule has 0 spiro atoms. The summed E-state index contributed by atoms with van der Waals surface area (Å²) in [6.45, 7) is 10.2. The maximum Gasteiger partial charge on any atom is 0.282 e. The van der Waals surface area contributed by atoms with Crippen LogP contribution in [-0.2, 0) is 9.59 Å². The molecule has 0 radical (unpaired) electrons. The highest BCUT2D eigenvalue weighted by Gasteiger charge is 2.44. The van der Waals surface area contributed by atoms with Gasteiger partial charge < -0.3 is 14.5 Å². The zero-order valence-corrected chi connectivity index (χ0v) is 19.7. The maximum absolute atomic E-state index is 13.8. The fraction of sp³-hybridized carbons (Fsp3) is 0.360. The van der Waals surface area contributed by atoms with Gasteiger partial charge in [0.05, 0.1) is 18.4 Å². The van der Waals surface area contributed by atoms with E-state index in [1.165, 1.54) is 12.0 Å². The normalized spacial score (nSPS) is 17.5. The van der Waals surface area contributed by atoms with Crippen LogP contribution in [0.2, 0.25) is 5.02 Å². The van der Waals surface area contributed by atoms with E-state index in [9.17, 15) is 9.59 Å². The van der Waals surface area contributed by atoms with Gasteiger partial charge in [0.1, 0.15) is 11.4 Å². The van der Waals surface area contributed by atoms with E-state index in [4.69, 9.17) is 16.3 Å². The predicted molar refractivity (Wildman–Crippen MR) is 127 cm³/mol. The number of ether oxygens (including phenoxy) is 1. The predicted octanol–water partition coefficient (Wildman–Crippen LogP) is 3.89. The highest BCUT2D eigenvalue weighted by atomic mass is 35.5. The van der Waals surface area contributed by atoms with Crippen LogP contribution in [0.5, 0.6) is 5.75 Å². The van der Waals surface area contributed by atoms with E-state index in [1.54, 1.807) is 18.2 Å². The standard InChI is InChI=1S/C25H28ClN3O3/c1-5-27-10-12-28(13-11-27)23-22(19-8-6-16(2)14-17(19)3)24(30)29(25(23)31)20-15-18(26)7-9-21(20)32-4/h6-9,14-15H,5,10-13H2,1-4H3. The van der Waals surface area contributed by atoms with Crippen molar-refractivity contribution in [1.29, 1.82) is 0 Å². The Hall–Kier alpha value is -2.83. The average Bonchev–Trinajstić information content (AvgIpc) is 3.03. The molecule has 0 N–H and O–H groups in total. The van der Waals surface area contributed by atoms with Gasteiger partial charge in [-0.15, -0.1) is 0 Å². The number of anilines is 1. The number of hydrogen-bond donors (Lipinski definition) is 0. The molecule has 168 valence electrons. The van der Waals surface area contributed by atoms with Crippen molar-refractivity contribution in [3.8, 4) is 5.75 Å². The zero-order chi connectivity index (χ0) is 23.0.